The van der Waals surface area contributed by atoms with E-state index in [0.29, 0.717) is 11.1 Å². The summed E-state index contributed by atoms with van der Waals surface area (Å²) >= 11 is 0. The SMILES string of the molecule is Cc1cccc2c(C#N)c(C#N)c(C#N)c(C)c12. The number of rotatable bonds is 0. The Morgan fingerprint density at radius 3 is 2.00 bits per heavy atom. The van der Waals surface area contributed by atoms with Crippen molar-refractivity contribution in [1.29, 1.82) is 15.8 Å². The minimum absolute atomic E-state index is 0.176. The number of benzene rings is 2. The molecule has 0 fully saturated rings. The molecule has 0 aromatic heterocycles. The van der Waals surface area contributed by atoms with Gasteiger partial charge in [0.25, 0.3) is 0 Å². The quantitative estimate of drug-likeness (QED) is 0.699. The maximum atomic E-state index is 9.24. The Hall–Kier alpha value is -2.83. The third-order valence-corrected chi connectivity index (χ3v) is 3.13. The smallest absolute Gasteiger partial charge is 0.102 e. The molecule has 3 nitrogen and oxygen atoms in total. The largest absolute Gasteiger partial charge is 0.192 e. The van der Waals surface area contributed by atoms with E-state index in [2.05, 4.69) is 0 Å². The third kappa shape index (κ3) is 1.41. The topological polar surface area (TPSA) is 71.4 Å². The van der Waals surface area contributed by atoms with Crippen LogP contribution in [0.15, 0.2) is 18.2 Å². The molecule has 0 aliphatic carbocycles. The summed E-state index contributed by atoms with van der Waals surface area (Å²) in [4.78, 5) is 0. The number of fused-ring (bicyclic) bond motifs is 1. The minimum atomic E-state index is 0.176. The van der Waals surface area contributed by atoms with Gasteiger partial charge in [-0.2, -0.15) is 15.8 Å². The first kappa shape index (κ1) is 11.6. The number of hydrogen-bond donors (Lipinski definition) is 0. The van der Waals surface area contributed by atoms with E-state index >= 15 is 0 Å². The number of hydrogen-bond acceptors (Lipinski definition) is 3. The molecular weight excluding hydrogens is 222 g/mol. The Morgan fingerprint density at radius 1 is 0.833 bits per heavy atom. The lowest BCUT2D eigenvalue weighted by Crippen LogP contribution is -1.98. The molecule has 0 heterocycles. The minimum Gasteiger partial charge on any atom is -0.192 e. The second-order valence-corrected chi connectivity index (χ2v) is 4.08. The van der Waals surface area contributed by atoms with Gasteiger partial charge in [-0.1, -0.05) is 18.2 Å². The van der Waals surface area contributed by atoms with Crippen molar-refractivity contribution in [2.24, 2.45) is 0 Å². The van der Waals surface area contributed by atoms with Crippen molar-refractivity contribution >= 4 is 10.8 Å². The van der Waals surface area contributed by atoms with E-state index in [1.807, 2.05) is 50.3 Å². The van der Waals surface area contributed by atoms with Gasteiger partial charge >= 0.3 is 0 Å². The molecule has 3 heteroatoms. The molecule has 0 spiro atoms. The molecule has 0 N–H and O–H groups in total. The monoisotopic (exact) mass is 231 g/mol. The lowest BCUT2D eigenvalue weighted by molar-refractivity contribution is 1.35. The summed E-state index contributed by atoms with van der Waals surface area (Å²) in [6.45, 7) is 3.75. The number of nitrogens with zero attached hydrogens (tertiary/aromatic N) is 3. The fourth-order valence-corrected chi connectivity index (χ4v) is 2.31. The summed E-state index contributed by atoms with van der Waals surface area (Å²) in [5.41, 5.74) is 2.54. The van der Waals surface area contributed by atoms with E-state index < -0.39 is 0 Å². The molecule has 0 atom stereocenters. The Kier molecular flexibility index (Phi) is 2.72. The van der Waals surface area contributed by atoms with Crippen molar-refractivity contribution in [3.63, 3.8) is 0 Å². The molecule has 18 heavy (non-hydrogen) atoms. The predicted molar refractivity (Wildman–Crippen MR) is 67.6 cm³/mol. The first-order valence-electron chi connectivity index (χ1n) is 5.41. The van der Waals surface area contributed by atoms with Crippen molar-refractivity contribution in [3.8, 4) is 18.2 Å². The van der Waals surface area contributed by atoms with Gasteiger partial charge in [-0.15, -0.1) is 0 Å². The molecule has 0 unspecified atom stereocenters. The van der Waals surface area contributed by atoms with Gasteiger partial charge in [0.15, 0.2) is 0 Å². The standard InChI is InChI=1S/C15H9N3/c1-9-4-3-5-11-13(7-17)14(8-18)12(6-16)10(2)15(9)11/h3-5H,1-2H3. The van der Waals surface area contributed by atoms with Crippen LogP contribution in [-0.4, -0.2) is 0 Å². The molecule has 0 amide bonds. The highest BCUT2D eigenvalue weighted by Gasteiger charge is 2.17. The van der Waals surface area contributed by atoms with E-state index in [1.54, 1.807) is 0 Å². The van der Waals surface area contributed by atoms with Crippen LogP contribution in [-0.2, 0) is 0 Å². The van der Waals surface area contributed by atoms with E-state index in [0.717, 1.165) is 21.9 Å². The van der Waals surface area contributed by atoms with Gasteiger partial charge in [0.05, 0.1) is 16.7 Å². The van der Waals surface area contributed by atoms with Gasteiger partial charge < -0.3 is 0 Å². The van der Waals surface area contributed by atoms with Gasteiger partial charge in [-0.05, 0) is 30.4 Å². The first-order chi connectivity index (χ1) is 8.65. The molecule has 0 radical (unpaired) electrons. The van der Waals surface area contributed by atoms with Crippen LogP contribution in [0.5, 0.6) is 0 Å². The second-order valence-electron chi connectivity index (χ2n) is 4.08. The summed E-state index contributed by atoms with van der Waals surface area (Å²) in [6.07, 6.45) is 0. The van der Waals surface area contributed by atoms with E-state index in [9.17, 15) is 10.5 Å². The lowest BCUT2D eigenvalue weighted by Gasteiger charge is -2.11. The molecule has 0 saturated heterocycles. The average Bonchev–Trinajstić information content (AvgIpc) is 2.38. The first-order valence-corrected chi connectivity index (χ1v) is 5.41. The van der Waals surface area contributed by atoms with Crippen LogP contribution in [0.25, 0.3) is 10.8 Å². The highest BCUT2D eigenvalue weighted by molar-refractivity contribution is 5.96. The second kappa shape index (κ2) is 4.21. The van der Waals surface area contributed by atoms with Crippen molar-refractivity contribution in [1.82, 2.24) is 0 Å². The average molecular weight is 231 g/mol. The Bertz CT molecular complexity index is 781. The van der Waals surface area contributed by atoms with Crippen molar-refractivity contribution in [2.75, 3.05) is 0 Å². The Labute approximate surface area is 105 Å². The molecule has 0 saturated carbocycles. The summed E-state index contributed by atoms with van der Waals surface area (Å²) in [6, 6.07) is 11.7. The Morgan fingerprint density at radius 2 is 1.44 bits per heavy atom. The van der Waals surface area contributed by atoms with E-state index in [1.165, 1.54) is 0 Å². The van der Waals surface area contributed by atoms with Crippen molar-refractivity contribution in [2.45, 2.75) is 13.8 Å². The summed E-state index contributed by atoms with van der Waals surface area (Å²) in [5.74, 6) is 0. The molecule has 2 rings (SSSR count). The van der Waals surface area contributed by atoms with Crippen LogP contribution < -0.4 is 0 Å². The number of nitriles is 3. The van der Waals surface area contributed by atoms with Gasteiger partial charge in [0.1, 0.15) is 18.2 Å². The van der Waals surface area contributed by atoms with Crippen LogP contribution in [0.4, 0.5) is 0 Å². The van der Waals surface area contributed by atoms with E-state index in [4.69, 9.17) is 5.26 Å². The molecule has 0 bridgehead atoms. The molecule has 2 aromatic carbocycles. The van der Waals surface area contributed by atoms with Crippen LogP contribution in [0.3, 0.4) is 0 Å². The molecule has 84 valence electrons. The van der Waals surface area contributed by atoms with Crippen LogP contribution in [0.1, 0.15) is 27.8 Å². The van der Waals surface area contributed by atoms with Crippen LogP contribution in [0, 0.1) is 47.8 Å². The fourth-order valence-electron chi connectivity index (χ4n) is 2.31. The normalized spacial score (nSPS) is 9.50. The van der Waals surface area contributed by atoms with Crippen LogP contribution in [0.2, 0.25) is 0 Å². The highest BCUT2D eigenvalue weighted by atomic mass is 14.3. The third-order valence-electron chi connectivity index (χ3n) is 3.13. The molecule has 0 aliphatic heterocycles. The molecular formula is C15H9N3. The van der Waals surface area contributed by atoms with Gasteiger partial charge in [-0.3, -0.25) is 0 Å². The van der Waals surface area contributed by atoms with Gasteiger partial charge in [0, 0.05) is 5.39 Å². The van der Waals surface area contributed by atoms with Gasteiger partial charge in [-0.25, -0.2) is 0 Å². The summed E-state index contributed by atoms with van der Waals surface area (Å²) < 4.78 is 0. The predicted octanol–water partition coefficient (Wildman–Crippen LogP) is 3.07. The zero-order valence-corrected chi connectivity index (χ0v) is 10.1. The zero-order valence-electron chi connectivity index (χ0n) is 10.1. The maximum Gasteiger partial charge on any atom is 0.102 e. The molecule has 0 aliphatic rings. The lowest BCUT2D eigenvalue weighted by atomic mass is 9.89. The summed E-state index contributed by atoms with van der Waals surface area (Å²) in [7, 11) is 0. The maximum absolute atomic E-state index is 9.24. The van der Waals surface area contributed by atoms with Gasteiger partial charge in [0.2, 0.25) is 0 Å². The fraction of sp³-hybridized carbons (Fsp3) is 0.133. The highest BCUT2D eigenvalue weighted by Crippen LogP contribution is 2.31. The zero-order chi connectivity index (χ0) is 13.3. The van der Waals surface area contributed by atoms with E-state index in [-0.39, 0.29) is 5.56 Å². The summed E-state index contributed by atoms with van der Waals surface area (Å²) in [5, 5.41) is 29.2. The Balaban J connectivity index is 3.20. The van der Waals surface area contributed by atoms with Crippen LogP contribution >= 0.6 is 0 Å². The molecule has 2 aromatic rings. The number of aryl methyl sites for hydroxylation is 2. The van der Waals surface area contributed by atoms with Crippen molar-refractivity contribution in [3.05, 3.63) is 46.0 Å². The van der Waals surface area contributed by atoms with Crippen molar-refractivity contribution < 1.29 is 0 Å².